The first-order chi connectivity index (χ1) is 11.0. The van der Waals surface area contributed by atoms with Crippen molar-refractivity contribution in [1.82, 2.24) is 10.2 Å². The molecule has 0 radical (unpaired) electrons. The van der Waals surface area contributed by atoms with Crippen molar-refractivity contribution < 1.29 is 14.1 Å². The summed E-state index contributed by atoms with van der Waals surface area (Å²) in [5, 5.41) is 19.3. The smallest absolute Gasteiger partial charge is 0.324 e. The van der Waals surface area contributed by atoms with Gasteiger partial charge in [0.15, 0.2) is 0 Å². The predicted molar refractivity (Wildman–Crippen MR) is 82.7 cm³/mol. The third-order valence-corrected chi connectivity index (χ3v) is 4.40. The Balaban J connectivity index is 2.35. The van der Waals surface area contributed by atoms with E-state index < -0.39 is 16.4 Å². The average Bonchev–Trinajstić information content (AvgIpc) is 2.97. The number of nitro benzene ring substituents is 1. The minimum atomic E-state index is -0.906. The number of nitrogens with zero attached hydrogens (tertiary/aromatic N) is 3. The van der Waals surface area contributed by atoms with Crippen molar-refractivity contribution in [3.8, 4) is 17.0 Å². The number of aryl methyl sites for hydroxylation is 1. The van der Waals surface area contributed by atoms with Crippen LogP contribution in [0.15, 0.2) is 6.07 Å². The fourth-order valence-electron chi connectivity index (χ4n) is 2.71. The Labute approximate surface area is 140 Å². The van der Waals surface area contributed by atoms with Gasteiger partial charge < -0.3 is 4.74 Å². The predicted octanol–water partition coefficient (Wildman–Crippen LogP) is 4.00. The van der Waals surface area contributed by atoms with Gasteiger partial charge in [-0.15, -0.1) is 5.10 Å². The molecule has 2 aromatic rings. The molecular formula is C14H10Cl2FN3O3. The van der Waals surface area contributed by atoms with Gasteiger partial charge in [0.1, 0.15) is 17.1 Å². The highest BCUT2D eigenvalue weighted by atomic mass is 35.5. The zero-order chi connectivity index (χ0) is 16.7. The maximum atomic E-state index is 14.4. The lowest BCUT2D eigenvalue weighted by Crippen LogP contribution is -2.04. The third-order valence-electron chi connectivity index (χ3n) is 3.72. The monoisotopic (exact) mass is 357 g/mol. The number of methoxy groups -OCH3 is 1. The maximum absolute atomic E-state index is 14.4. The highest BCUT2D eigenvalue weighted by Gasteiger charge is 2.32. The standard InChI is InChI=1S/C14H10Cl2FN3O3/c1-23-14-7(15)5-8(17)10(13(14)20(21)22)12-11(16)6-3-2-4-9(6)18-19-12/h5H,2-4H2,1H3. The summed E-state index contributed by atoms with van der Waals surface area (Å²) in [7, 11) is 1.21. The molecule has 0 bridgehead atoms. The molecule has 0 saturated heterocycles. The number of halogens is 3. The Morgan fingerprint density at radius 2 is 2.09 bits per heavy atom. The van der Waals surface area contributed by atoms with Crippen molar-refractivity contribution in [1.29, 1.82) is 0 Å². The highest BCUT2D eigenvalue weighted by Crippen LogP contribution is 2.46. The molecule has 1 aromatic heterocycles. The molecule has 0 N–H and O–H groups in total. The zero-order valence-corrected chi connectivity index (χ0v) is 13.4. The number of benzene rings is 1. The van der Waals surface area contributed by atoms with Gasteiger partial charge in [0.2, 0.25) is 5.75 Å². The zero-order valence-electron chi connectivity index (χ0n) is 11.9. The van der Waals surface area contributed by atoms with E-state index in [0.717, 1.165) is 30.2 Å². The van der Waals surface area contributed by atoms with Crippen LogP contribution in [-0.4, -0.2) is 22.2 Å². The molecule has 0 saturated carbocycles. The van der Waals surface area contributed by atoms with Crippen molar-refractivity contribution in [3.63, 3.8) is 0 Å². The highest BCUT2D eigenvalue weighted by molar-refractivity contribution is 6.34. The second kappa shape index (κ2) is 5.90. The van der Waals surface area contributed by atoms with Crippen LogP contribution in [0, 0.1) is 15.9 Å². The van der Waals surface area contributed by atoms with Crippen molar-refractivity contribution in [2.45, 2.75) is 19.3 Å². The minimum Gasteiger partial charge on any atom is -0.489 e. The van der Waals surface area contributed by atoms with Gasteiger partial charge in [-0.2, -0.15) is 5.10 Å². The number of nitro groups is 1. The number of ether oxygens (including phenoxy) is 1. The fourth-order valence-corrected chi connectivity index (χ4v) is 3.31. The number of rotatable bonds is 3. The van der Waals surface area contributed by atoms with E-state index >= 15 is 0 Å². The van der Waals surface area contributed by atoms with Crippen LogP contribution in [0.25, 0.3) is 11.3 Å². The second-order valence-corrected chi connectivity index (χ2v) is 5.78. The number of aromatic nitrogens is 2. The van der Waals surface area contributed by atoms with Crippen LogP contribution in [-0.2, 0) is 12.8 Å². The van der Waals surface area contributed by atoms with E-state index in [-0.39, 0.29) is 27.1 Å². The van der Waals surface area contributed by atoms with Gasteiger partial charge in [-0.25, -0.2) is 4.39 Å². The molecule has 3 rings (SSSR count). The lowest BCUT2D eigenvalue weighted by atomic mass is 10.1. The lowest BCUT2D eigenvalue weighted by molar-refractivity contribution is -0.385. The summed E-state index contributed by atoms with van der Waals surface area (Å²) in [5.74, 6) is -1.15. The van der Waals surface area contributed by atoms with Crippen LogP contribution in [0.2, 0.25) is 10.0 Å². The minimum absolute atomic E-state index is 0.0773. The molecule has 1 aromatic carbocycles. The van der Waals surface area contributed by atoms with Crippen molar-refractivity contribution >= 4 is 28.9 Å². The SMILES string of the molecule is COc1c(Cl)cc(F)c(-c2nnc3c(c2Cl)CCC3)c1[N+](=O)[O-]. The molecule has 1 aliphatic carbocycles. The first-order valence-corrected chi connectivity index (χ1v) is 7.46. The normalized spacial score (nSPS) is 13.0. The van der Waals surface area contributed by atoms with Crippen LogP contribution in [0.4, 0.5) is 10.1 Å². The van der Waals surface area contributed by atoms with E-state index in [1.54, 1.807) is 0 Å². The molecular weight excluding hydrogens is 348 g/mol. The summed E-state index contributed by atoms with van der Waals surface area (Å²) in [6.45, 7) is 0. The van der Waals surface area contributed by atoms with E-state index in [2.05, 4.69) is 10.2 Å². The molecule has 0 amide bonds. The molecule has 9 heteroatoms. The van der Waals surface area contributed by atoms with Gasteiger partial charge in [0, 0.05) is 0 Å². The molecule has 0 atom stereocenters. The van der Waals surface area contributed by atoms with E-state index in [4.69, 9.17) is 27.9 Å². The van der Waals surface area contributed by atoms with E-state index in [1.165, 1.54) is 7.11 Å². The van der Waals surface area contributed by atoms with Gasteiger partial charge in [-0.3, -0.25) is 10.1 Å². The van der Waals surface area contributed by atoms with Gasteiger partial charge in [0.05, 0.1) is 27.8 Å². The number of fused-ring (bicyclic) bond motifs is 1. The summed E-state index contributed by atoms with van der Waals surface area (Å²) in [4.78, 5) is 10.7. The van der Waals surface area contributed by atoms with E-state index in [1.807, 2.05) is 0 Å². The molecule has 0 aliphatic heterocycles. The van der Waals surface area contributed by atoms with Crippen molar-refractivity contribution in [2.75, 3.05) is 7.11 Å². The van der Waals surface area contributed by atoms with Gasteiger partial charge in [0.25, 0.3) is 0 Å². The van der Waals surface area contributed by atoms with Crippen LogP contribution in [0.5, 0.6) is 5.75 Å². The first-order valence-electron chi connectivity index (χ1n) is 6.70. The summed E-state index contributed by atoms with van der Waals surface area (Å²) in [6.07, 6.45) is 2.27. The lowest BCUT2D eigenvalue weighted by Gasteiger charge is -2.12. The Kier molecular flexibility index (Phi) is 4.08. The molecule has 0 unspecified atom stereocenters. The van der Waals surface area contributed by atoms with Crippen LogP contribution in [0.1, 0.15) is 17.7 Å². The van der Waals surface area contributed by atoms with Gasteiger partial charge in [-0.05, 0) is 30.9 Å². The largest absolute Gasteiger partial charge is 0.489 e. The molecule has 120 valence electrons. The Morgan fingerprint density at radius 1 is 1.35 bits per heavy atom. The van der Waals surface area contributed by atoms with Crippen LogP contribution < -0.4 is 4.74 Å². The molecule has 1 aliphatic rings. The summed E-state index contributed by atoms with van der Waals surface area (Å²) < 4.78 is 19.4. The Morgan fingerprint density at radius 3 is 2.74 bits per heavy atom. The Hall–Kier alpha value is -1.99. The average molecular weight is 358 g/mol. The summed E-state index contributed by atoms with van der Waals surface area (Å²) >= 11 is 12.1. The third kappa shape index (κ3) is 2.49. The van der Waals surface area contributed by atoms with Crippen molar-refractivity contribution in [3.05, 3.63) is 43.3 Å². The number of hydrogen-bond acceptors (Lipinski definition) is 5. The van der Waals surface area contributed by atoms with Crippen LogP contribution >= 0.6 is 23.2 Å². The van der Waals surface area contributed by atoms with Crippen LogP contribution in [0.3, 0.4) is 0 Å². The Bertz CT molecular complexity index is 830. The topological polar surface area (TPSA) is 78.2 Å². The quantitative estimate of drug-likeness (QED) is 0.612. The summed E-state index contributed by atoms with van der Waals surface area (Å²) in [5.41, 5.74) is 0.420. The maximum Gasteiger partial charge on any atom is 0.324 e. The molecule has 23 heavy (non-hydrogen) atoms. The molecule has 6 nitrogen and oxygen atoms in total. The van der Waals surface area contributed by atoms with Crippen molar-refractivity contribution in [2.24, 2.45) is 0 Å². The number of hydrogen-bond donors (Lipinski definition) is 0. The molecule has 0 fully saturated rings. The van der Waals surface area contributed by atoms with Gasteiger partial charge in [-0.1, -0.05) is 23.2 Å². The molecule has 1 heterocycles. The summed E-state index contributed by atoms with van der Waals surface area (Å²) in [6, 6.07) is 0.938. The first kappa shape index (κ1) is 15.9. The molecule has 0 spiro atoms. The fraction of sp³-hybridized carbons (Fsp3) is 0.286. The van der Waals surface area contributed by atoms with E-state index in [9.17, 15) is 14.5 Å². The second-order valence-electron chi connectivity index (χ2n) is 5.00. The van der Waals surface area contributed by atoms with E-state index in [0.29, 0.717) is 6.42 Å². The van der Waals surface area contributed by atoms with Gasteiger partial charge >= 0.3 is 5.69 Å².